The second-order valence-corrected chi connectivity index (χ2v) is 8.54. The minimum Gasteiger partial charge on any atom is -0.379 e. The first-order valence-electron chi connectivity index (χ1n) is 7.14. The minimum atomic E-state index is -2.87. The monoisotopic (exact) mass is 293 g/mol. The summed E-state index contributed by atoms with van der Waals surface area (Å²) in [5.41, 5.74) is 0.0330. The molecule has 0 saturated carbocycles. The van der Waals surface area contributed by atoms with Crippen LogP contribution in [-0.2, 0) is 14.6 Å². The molecule has 4 nitrogen and oxygen atoms in total. The van der Waals surface area contributed by atoms with Crippen molar-refractivity contribution in [3.8, 4) is 0 Å². The van der Waals surface area contributed by atoms with Crippen molar-refractivity contribution in [2.45, 2.75) is 59.6 Å². The van der Waals surface area contributed by atoms with Gasteiger partial charge in [0.25, 0.3) is 0 Å². The van der Waals surface area contributed by atoms with Gasteiger partial charge in [-0.3, -0.25) is 0 Å². The van der Waals surface area contributed by atoms with Crippen LogP contribution in [0.25, 0.3) is 0 Å². The molecule has 0 heterocycles. The number of hydrogen-bond donors (Lipinski definition) is 1. The summed E-state index contributed by atoms with van der Waals surface area (Å²) in [6.07, 6.45) is 1.59. The average Bonchev–Trinajstić information content (AvgIpc) is 2.28. The molecule has 0 rings (SSSR count). The fourth-order valence-corrected chi connectivity index (χ4v) is 3.31. The molecular formula is C14H31NO3S. The van der Waals surface area contributed by atoms with Gasteiger partial charge in [-0.1, -0.05) is 34.6 Å². The lowest BCUT2D eigenvalue weighted by Crippen LogP contribution is -2.47. The van der Waals surface area contributed by atoms with E-state index >= 15 is 0 Å². The third-order valence-corrected chi connectivity index (χ3v) is 5.14. The van der Waals surface area contributed by atoms with Crippen LogP contribution in [0.4, 0.5) is 0 Å². The second kappa shape index (κ2) is 8.22. The highest BCUT2D eigenvalue weighted by Gasteiger charge is 2.31. The van der Waals surface area contributed by atoms with Crippen molar-refractivity contribution >= 4 is 9.84 Å². The summed E-state index contributed by atoms with van der Waals surface area (Å²) in [5, 5.41) is 3.42. The molecule has 0 amide bonds. The summed E-state index contributed by atoms with van der Waals surface area (Å²) >= 11 is 0. The van der Waals surface area contributed by atoms with Gasteiger partial charge in [-0.25, -0.2) is 8.42 Å². The fourth-order valence-electron chi connectivity index (χ4n) is 2.41. The van der Waals surface area contributed by atoms with Crippen LogP contribution in [0.15, 0.2) is 0 Å². The third-order valence-electron chi connectivity index (χ3n) is 3.35. The molecule has 0 aliphatic rings. The SMILES string of the molecule is CCNC(CCCS(=O)(=O)CC)C(OC)C(C)(C)C. The Morgan fingerprint density at radius 2 is 1.79 bits per heavy atom. The van der Waals surface area contributed by atoms with Crippen molar-refractivity contribution < 1.29 is 13.2 Å². The molecule has 2 atom stereocenters. The van der Waals surface area contributed by atoms with Crippen molar-refractivity contribution in [3.63, 3.8) is 0 Å². The van der Waals surface area contributed by atoms with E-state index in [2.05, 4.69) is 33.0 Å². The quantitative estimate of drug-likeness (QED) is 0.708. The Morgan fingerprint density at radius 1 is 1.21 bits per heavy atom. The van der Waals surface area contributed by atoms with Gasteiger partial charge < -0.3 is 10.1 Å². The molecule has 19 heavy (non-hydrogen) atoms. The molecule has 0 radical (unpaired) electrons. The Kier molecular flexibility index (Phi) is 8.17. The van der Waals surface area contributed by atoms with Crippen LogP contribution in [0.5, 0.6) is 0 Å². The Labute approximate surface area is 119 Å². The normalized spacial score (nSPS) is 16.3. The first-order chi connectivity index (χ1) is 8.68. The van der Waals surface area contributed by atoms with Gasteiger partial charge in [0.05, 0.1) is 11.9 Å². The number of likely N-dealkylation sites (N-methyl/N-ethyl adjacent to an activating group) is 1. The van der Waals surface area contributed by atoms with Gasteiger partial charge in [-0.05, 0) is 24.8 Å². The van der Waals surface area contributed by atoms with E-state index in [0.717, 1.165) is 13.0 Å². The predicted molar refractivity (Wildman–Crippen MR) is 81.3 cm³/mol. The van der Waals surface area contributed by atoms with Gasteiger partial charge in [0.1, 0.15) is 9.84 Å². The Hall–Kier alpha value is -0.130. The molecular weight excluding hydrogens is 262 g/mol. The van der Waals surface area contributed by atoms with Crippen LogP contribution < -0.4 is 5.32 Å². The fraction of sp³-hybridized carbons (Fsp3) is 1.00. The highest BCUT2D eigenvalue weighted by atomic mass is 32.2. The molecule has 0 fully saturated rings. The van der Waals surface area contributed by atoms with Gasteiger partial charge in [-0.15, -0.1) is 0 Å². The topological polar surface area (TPSA) is 55.4 Å². The van der Waals surface area contributed by atoms with Crippen LogP contribution in [-0.4, -0.2) is 45.7 Å². The van der Waals surface area contributed by atoms with Crippen molar-refractivity contribution in [2.24, 2.45) is 5.41 Å². The lowest BCUT2D eigenvalue weighted by atomic mass is 9.83. The van der Waals surface area contributed by atoms with E-state index in [1.807, 2.05) is 0 Å². The van der Waals surface area contributed by atoms with Gasteiger partial charge in [0, 0.05) is 18.9 Å². The molecule has 0 aliphatic carbocycles. The van der Waals surface area contributed by atoms with Crippen molar-refractivity contribution in [1.82, 2.24) is 5.32 Å². The zero-order valence-corrected chi connectivity index (χ0v) is 14.1. The van der Waals surface area contributed by atoms with Crippen molar-refractivity contribution in [2.75, 3.05) is 25.2 Å². The first-order valence-corrected chi connectivity index (χ1v) is 8.96. The first kappa shape index (κ1) is 18.9. The largest absolute Gasteiger partial charge is 0.379 e. The molecule has 1 N–H and O–H groups in total. The van der Waals surface area contributed by atoms with E-state index < -0.39 is 9.84 Å². The number of rotatable bonds is 9. The minimum absolute atomic E-state index is 0.0330. The van der Waals surface area contributed by atoms with Crippen LogP contribution in [0.3, 0.4) is 0 Å². The molecule has 0 saturated heterocycles. The maximum Gasteiger partial charge on any atom is 0.150 e. The van der Waals surface area contributed by atoms with Crippen LogP contribution in [0.2, 0.25) is 0 Å². The van der Waals surface area contributed by atoms with Crippen molar-refractivity contribution in [1.29, 1.82) is 0 Å². The van der Waals surface area contributed by atoms with E-state index in [0.29, 0.717) is 6.42 Å². The molecule has 0 bridgehead atoms. The number of nitrogens with one attached hydrogen (secondary N) is 1. The molecule has 2 unspecified atom stereocenters. The summed E-state index contributed by atoms with van der Waals surface area (Å²) in [5.74, 6) is 0.498. The van der Waals surface area contributed by atoms with E-state index in [9.17, 15) is 8.42 Å². The van der Waals surface area contributed by atoms with Crippen LogP contribution >= 0.6 is 0 Å². The number of ether oxygens (including phenoxy) is 1. The Bertz CT molecular complexity index is 333. The smallest absolute Gasteiger partial charge is 0.150 e. The molecule has 0 aromatic carbocycles. The summed E-state index contributed by atoms with van der Waals surface area (Å²) in [4.78, 5) is 0. The zero-order valence-electron chi connectivity index (χ0n) is 13.3. The average molecular weight is 293 g/mol. The van der Waals surface area contributed by atoms with E-state index in [1.54, 1.807) is 14.0 Å². The maximum absolute atomic E-state index is 11.5. The van der Waals surface area contributed by atoms with Gasteiger partial charge in [0.2, 0.25) is 0 Å². The Morgan fingerprint density at radius 3 is 2.16 bits per heavy atom. The Balaban J connectivity index is 4.57. The second-order valence-electron chi connectivity index (χ2n) is 6.07. The highest BCUT2D eigenvalue weighted by Crippen LogP contribution is 2.26. The van der Waals surface area contributed by atoms with E-state index in [4.69, 9.17) is 4.74 Å². The lowest BCUT2D eigenvalue weighted by molar-refractivity contribution is -0.0128. The molecule has 0 aromatic heterocycles. The van der Waals surface area contributed by atoms with E-state index in [-0.39, 0.29) is 29.1 Å². The number of hydrogen-bond acceptors (Lipinski definition) is 4. The van der Waals surface area contributed by atoms with Crippen LogP contribution in [0, 0.1) is 5.41 Å². The van der Waals surface area contributed by atoms with Gasteiger partial charge in [-0.2, -0.15) is 0 Å². The summed E-state index contributed by atoms with van der Waals surface area (Å²) in [7, 11) is -1.14. The number of methoxy groups -OCH3 is 1. The summed E-state index contributed by atoms with van der Waals surface area (Å²) in [6.45, 7) is 11.1. The molecule has 0 aliphatic heterocycles. The summed E-state index contributed by atoms with van der Waals surface area (Å²) < 4.78 is 28.7. The molecule has 0 spiro atoms. The van der Waals surface area contributed by atoms with Crippen molar-refractivity contribution in [3.05, 3.63) is 0 Å². The summed E-state index contributed by atoms with van der Waals surface area (Å²) in [6, 6.07) is 0.196. The molecule has 116 valence electrons. The maximum atomic E-state index is 11.5. The van der Waals surface area contributed by atoms with E-state index in [1.165, 1.54) is 0 Å². The molecule has 5 heteroatoms. The third kappa shape index (κ3) is 7.28. The highest BCUT2D eigenvalue weighted by molar-refractivity contribution is 7.91. The van der Waals surface area contributed by atoms with Crippen LogP contribution in [0.1, 0.15) is 47.5 Å². The predicted octanol–water partition coefficient (Wildman–Crippen LogP) is 2.24. The lowest BCUT2D eigenvalue weighted by Gasteiger charge is -2.36. The van der Waals surface area contributed by atoms with Gasteiger partial charge >= 0.3 is 0 Å². The number of sulfone groups is 1. The standard InChI is InChI=1S/C14H31NO3S/c1-7-15-12(13(18-6)14(3,4)5)10-9-11-19(16,17)8-2/h12-13,15H,7-11H2,1-6H3. The van der Waals surface area contributed by atoms with Gasteiger partial charge in [0.15, 0.2) is 0 Å². The molecule has 0 aromatic rings. The zero-order chi connectivity index (χ0) is 15.1.